The minimum Gasteiger partial charge on any atom is -0.497 e. The molecule has 2 unspecified atom stereocenters. The summed E-state index contributed by atoms with van der Waals surface area (Å²) < 4.78 is 11.6. The Bertz CT molecular complexity index is 1120. The zero-order chi connectivity index (χ0) is 25.3. The van der Waals surface area contributed by atoms with Gasteiger partial charge in [0, 0.05) is 25.4 Å². The molecule has 1 spiro atoms. The van der Waals surface area contributed by atoms with Gasteiger partial charge in [0.2, 0.25) is 17.7 Å². The van der Waals surface area contributed by atoms with Crippen molar-refractivity contribution in [3.8, 4) is 5.75 Å². The van der Waals surface area contributed by atoms with Gasteiger partial charge in [0.05, 0.1) is 25.0 Å². The monoisotopic (exact) mass is 493 g/mol. The van der Waals surface area contributed by atoms with E-state index >= 15 is 0 Å². The van der Waals surface area contributed by atoms with E-state index in [9.17, 15) is 19.5 Å². The highest BCUT2D eigenvalue weighted by Crippen LogP contribution is 2.58. The van der Waals surface area contributed by atoms with Crippen molar-refractivity contribution < 1.29 is 29.0 Å². The maximum absolute atomic E-state index is 13.7. The summed E-state index contributed by atoms with van der Waals surface area (Å²) in [5.74, 6) is -1.60. The van der Waals surface area contributed by atoms with Gasteiger partial charge in [-0.2, -0.15) is 0 Å². The number of anilines is 1. The summed E-state index contributed by atoms with van der Waals surface area (Å²) in [5.41, 5.74) is 0.464. The van der Waals surface area contributed by atoms with Gasteiger partial charge in [-0.15, -0.1) is 0 Å². The third kappa shape index (κ3) is 4.12. The molecule has 36 heavy (non-hydrogen) atoms. The van der Waals surface area contributed by atoms with Gasteiger partial charge in [-0.05, 0) is 49.1 Å². The molecule has 0 radical (unpaired) electrons. The number of nitrogens with zero attached hydrogens (tertiary/aromatic N) is 1. The van der Waals surface area contributed by atoms with Crippen molar-refractivity contribution in [2.75, 3.05) is 25.6 Å². The Labute approximate surface area is 209 Å². The van der Waals surface area contributed by atoms with E-state index in [1.54, 1.807) is 31.4 Å². The van der Waals surface area contributed by atoms with Crippen LogP contribution in [0.25, 0.3) is 0 Å². The van der Waals surface area contributed by atoms with Crippen LogP contribution in [0.15, 0.2) is 54.6 Å². The van der Waals surface area contributed by atoms with E-state index in [-0.39, 0.29) is 30.9 Å². The normalized spacial score (nSPS) is 28.2. The Balaban J connectivity index is 1.39. The fourth-order valence-electron chi connectivity index (χ4n) is 6.02. The Morgan fingerprint density at radius 1 is 1.14 bits per heavy atom. The van der Waals surface area contributed by atoms with Crippen LogP contribution in [0, 0.1) is 11.8 Å². The molecule has 190 valence electrons. The number of likely N-dealkylation sites (tertiary alicyclic amines) is 1. The van der Waals surface area contributed by atoms with E-state index in [1.807, 2.05) is 30.3 Å². The number of carbonyl (C=O) groups excluding carboxylic acids is 3. The van der Waals surface area contributed by atoms with Crippen LogP contribution in [-0.4, -0.2) is 65.7 Å². The second-order valence-corrected chi connectivity index (χ2v) is 9.59. The standard InChI is InChI=1S/C27H31N3O6/c1-35-19-10-8-18(9-11-19)29-25(33)23-27-13-12-20(36-27)21(22(27)26(34)30(23)14-5-15-31)24(32)28-16-17-6-3-2-4-7-17/h2-4,6-11,20-23,31H,5,12-16H2,1H3,(H,28,32)(H,29,33)/t20-,21+,22-,23?,27?/m0/s1. The third-order valence-corrected chi connectivity index (χ3v) is 7.58. The highest BCUT2D eigenvalue weighted by atomic mass is 16.5. The van der Waals surface area contributed by atoms with E-state index in [2.05, 4.69) is 10.6 Å². The molecule has 0 aromatic heterocycles. The Morgan fingerprint density at radius 3 is 2.58 bits per heavy atom. The molecule has 3 fully saturated rings. The molecular weight excluding hydrogens is 462 g/mol. The summed E-state index contributed by atoms with van der Waals surface area (Å²) in [6, 6.07) is 15.6. The zero-order valence-electron chi connectivity index (χ0n) is 20.2. The van der Waals surface area contributed by atoms with Crippen LogP contribution in [0.4, 0.5) is 5.69 Å². The molecule has 3 N–H and O–H groups in total. The molecule has 0 aliphatic carbocycles. The second kappa shape index (κ2) is 9.91. The lowest BCUT2D eigenvalue weighted by atomic mass is 9.70. The molecule has 3 amide bonds. The van der Waals surface area contributed by atoms with Crippen molar-refractivity contribution in [1.29, 1.82) is 0 Å². The number of carbonyl (C=O) groups is 3. The summed E-state index contributed by atoms with van der Waals surface area (Å²) in [5, 5.41) is 15.3. The number of fused-ring (bicyclic) bond motifs is 1. The van der Waals surface area contributed by atoms with E-state index in [0.29, 0.717) is 37.2 Å². The second-order valence-electron chi connectivity index (χ2n) is 9.59. The van der Waals surface area contributed by atoms with E-state index in [4.69, 9.17) is 9.47 Å². The molecule has 0 saturated carbocycles. The minimum absolute atomic E-state index is 0.112. The van der Waals surface area contributed by atoms with Crippen LogP contribution in [0.3, 0.4) is 0 Å². The summed E-state index contributed by atoms with van der Waals surface area (Å²) in [6.45, 7) is 0.450. The van der Waals surface area contributed by atoms with Crippen molar-refractivity contribution in [2.45, 2.75) is 43.6 Å². The molecule has 2 bridgehead atoms. The molecule has 9 nitrogen and oxygen atoms in total. The van der Waals surface area contributed by atoms with E-state index in [1.165, 1.54) is 4.90 Å². The predicted molar refractivity (Wildman–Crippen MR) is 131 cm³/mol. The van der Waals surface area contributed by atoms with Gasteiger partial charge < -0.3 is 30.1 Å². The smallest absolute Gasteiger partial charge is 0.250 e. The van der Waals surface area contributed by atoms with Crippen LogP contribution in [-0.2, 0) is 25.7 Å². The van der Waals surface area contributed by atoms with Gasteiger partial charge in [0.15, 0.2) is 0 Å². The van der Waals surface area contributed by atoms with Crippen molar-refractivity contribution in [3.05, 3.63) is 60.2 Å². The summed E-state index contributed by atoms with van der Waals surface area (Å²) >= 11 is 0. The number of rotatable bonds is 9. The van der Waals surface area contributed by atoms with Crippen LogP contribution >= 0.6 is 0 Å². The van der Waals surface area contributed by atoms with Crippen molar-refractivity contribution in [2.24, 2.45) is 11.8 Å². The van der Waals surface area contributed by atoms with E-state index < -0.39 is 29.6 Å². The number of aliphatic hydroxyl groups excluding tert-OH is 1. The van der Waals surface area contributed by atoms with Gasteiger partial charge in [0.1, 0.15) is 17.4 Å². The largest absolute Gasteiger partial charge is 0.497 e. The number of aliphatic hydroxyl groups is 1. The molecule has 3 aliphatic rings. The Kier molecular flexibility index (Phi) is 6.68. The van der Waals surface area contributed by atoms with Gasteiger partial charge in [-0.3, -0.25) is 14.4 Å². The molecule has 2 aromatic carbocycles. The van der Waals surface area contributed by atoms with Gasteiger partial charge in [-0.25, -0.2) is 0 Å². The van der Waals surface area contributed by atoms with Crippen LogP contribution < -0.4 is 15.4 Å². The lowest BCUT2D eigenvalue weighted by molar-refractivity contribution is -0.141. The molecule has 3 saturated heterocycles. The number of ether oxygens (including phenoxy) is 2. The number of nitrogens with one attached hydrogen (secondary N) is 2. The number of hydrogen-bond donors (Lipinski definition) is 3. The number of amides is 3. The zero-order valence-corrected chi connectivity index (χ0v) is 20.2. The number of hydrogen-bond acceptors (Lipinski definition) is 6. The van der Waals surface area contributed by atoms with Crippen LogP contribution in [0.2, 0.25) is 0 Å². The van der Waals surface area contributed by atoms with Crippen molar-refractivity contribution in [3.63, 3.8) is 0 Å². The van der Waals surface area contributed by atoms with E-state index in [0.717, 1.165) is 5.56 Å². The lowest BCUT2D eigenvalue weighted by Gasteiger charge is -2.33. The molecule has 2 aromatic rings. The maximum atomic E-state index is 13.7. The molecule has 3 heterocycles. The third-order valence-electron chi connectivity index (χ3n) is 7.58. The molecular formula is C27H31N3O6. The topological polar surface area (TPSA) is 117 Å². The quantitative estimate of drug-likeness (QED) is 0.490. The predicted octanol–water partition coefficient (Wildman–Crippen LogP) is 1.71. The first-order valence-corrected chi connectivity index (χ1v) is 12.3. The Morgan fingerprint density at radius 2 is 1.89 bits per heavy atom. The molecule has 5 rings (SSSR count). The minimum atomic E-state index is -1.07. The number of methoxy groups -OCH3 is 1. The highest BCUT2D eigenvalue weighted by molar-refractivity contribution is 6.03. The highest BCUT2D eigenvalue weighted by Gasteiger charge is 2.74. The van der Waals surface area contributed by atoms with Gasteiger partial charge >= 0.3 is 0 Å². The lowest BCUT2D eigenvalue weighted by Crippen LogP contribution is -2.53. The first kappa shape index (κ1) is 24.3. The van der Waals surface area contributed by atoms with Crippen LogP contribution in [0.1, 0.15) is 24.8 Å². The summed E-state index contributed by atoms with van der Waals surface area (Å²) in [6.07, 6.45) is 1.04. The first-order valence-electron chi connectivity index (χ1n) is 12.3. The average Bonchev–Trinajstić information content (AvgIpc) is 3.54. The SMILES string of the molecule is COc1ccc(NC(=O)C2N(CCCO)C(=O)[C@@H]3[C@H](C(=O)NCc4ccccc4)[C@@H]4CCC23O4)cc1. The molecule has 5 atom stereocenters. The number of benzene rings is 2. The van der Waals surface area contributed by atoms with Crippen molar-refractivity contribution >= 4 is 23.4 Å². The van der Waals surface area contributed by atoms with Gasteiger partial charge in [0.25, 0.3) is 0 Å². The summed E-state index contributed by atoms with van der Waals surface area (Å²) in [4.78, 5) is 42.2. The molecule has 3 aliphatic heterocycles. The average molecular weight is 494 g/mol. The fraction of sp³-hybridized carbons (Fsp3) is 0.444. The van der Waals surface area contributed by atoms with Gasteiger partial charge in [-0.1, -0.05) is 30.3 Å². The first-order chi connectivity index (χ1) is 17.5. The summed E-state index contributed by atoms with van der Waals surface area (Å²) in [7, 11) is 1.57. The maximum Gasteiger partial charge on any atom is 0.250 e. The fourth-order valence-corrected chi connectivity index (χ4v) is 6.02. The van der Waals surface area contributed by atoms with Crippen molar-refractivity contribution in [1.82, 2.24) is 10.2 Å². The van der Waals surface area contributed by atoms with Crippen LogP contribution in [0.5, 0.6) is 5.75 Å². The molecule has 9 heteroatoms. The Hall–Kier alpha value is -3.43.